The van der Waals surface area contributed by atoms with Crippen molar-refractivity contribution in [3.8, 4) is 0 Å². The Hall–Kier alpha value is -0.610. The molecule has 0 spiro atoms. The molecule has 0 aliphatic carbocycles. The smallest absolute Gasteiger partial charge is 0.319 e. The number of hydrogen-bond acceptors (Lipinski definition) is 4. The second kappa shape index (κ2) is 6.79. The van der Waals surface area contributed by atoms with E-state index in [-0.39, 0.29) is 12.0 Å². The van der Waals surface area contributed by atoms with Gasteiger partial charge < -0.3 is 9.47 Å². The molecule has 0 radical (unpaired) electrons. The van der Waals surface area contributed by atoms with Gasteiger partial charge in [-0.25, -0.2) is 0 Å². The van der Waals surface area contributed by atoms with Crippen molar-refractivity contribution in [3.63, 3.8) is 0 Å². The molecule has 14 heavy (non-hydrogen) atoms. The van der Waals surface area contributed by atoms with Crippen LogP contribution < -0.4 is 0 Å². The van der Waals surface area contributed by atoms with E-state index in [4.69, 9.17) is 4.74 Å². The summed E-state index contributed by atoms with van der Waals surface area (Å²) in [6, 6.07) is 0.526. The predicted octanol–water partition coefficient (Wildman–Crippen LogP) is 0.905. The molecule has 0 aliphatic heterocycles. The molecule has 4 nitrogen and oxygen atoms in total. The Morgan fingerprint density at radius 3 is 2.21 bits per heavy atom. The van der Waals surface area contributed by atoms with E-state index in [1.807, 2.05) is 6.92 Å². The van der Waals surface area contributed by atoms with Crippen LogP contribution in [0.3, 0.4) is 0 Å². The summed E-state index contributed by atoms with van der Waals surface area (Å²) in [7, 11) is 3.06. The van der Waals surface area contributed by atoms with E-state index >= 15 is 0 Å². The second-order valence-corrected chi connectivity index (χ2v) is 3.65. The van der Waals surface area contributed by atoms with Crippen LogP contribution in [0.1, 0.15) is 20.8 Å². The Kier molecular flexibility index (Phi) is 6.49. The van der Waals surface area contributed by atoms with Crippen LogP contribution in [-0.4, -0.2) is 50.3 Å². The summed E-state index contributed by atoms with van der Waals surface area (Å²) in [6.07, 6.45) is 0. The Bertz CT molecular complexity index is 171. The van der Waals surface area contributed by atoms with E-state index in [1.54, 1.807) is 7.11 Å². The van der Waals surface area contributed by atoms with Gasteiger partial charge in [-0.2, -0.15) is 0 Å². The van der Waals surface area contributed by atoms with E-state index in [9.17, 15) is 4.79 Å². The van der Waals surface area contributed by atoms with Gasteiger partial charge in [-0.1, -0.05) is 0 Å². The molecule has 0 aliphatic rings. The van der Waals surface area contributed by atoms with Gasteiger partial charge in [-0.3, -0.25) is 9.69 Å². The number of methoxy groups -OCH3 is 2. The highest BCUT2D eigenvalue weighted by Gasteiger charge is 2.20. The number of rotatable bonds is 6. The highest BCUT2D eigenvalue weighted by Crippen LogP contribution is 2.05. The highest BCUT2D eigenvalue weighted by atomic mass is 16.5. The van der Waals surface area contributed by atoms with Crippen LogP contribution in [0.4, 0.5) is 0 Å². The highest BCUT2D eigenvalue weighted by molar-refractivity contribution is 5.71. The number of esters is 1. The van der Waals surface area contributed by atoms with Gasteiger partial charge in [0.25, 0.3) is 0 Å². The van der Waals surface area contributed by atoms with E-state index in [0.717, 1.165) is 0 Å². The molecular formula is C10H21NO3. The van der Waals surface area contributed by atoms with Gasteiger partial charge in [0.1, 0.15) is 0 Å². The van der Waals surface area contributed by atoms with Crippen LogP contribution in [0.2, 0.25) is 0 Å². The summed E-state index contributed by atoms with van der Waals surface area (Å²) in [6.45, 7) is 7.07. The predicted molar refractivity (Wildman–Crippen MR) is 55.2 cm³/mol. The van der Waals surface area contributed by atoms with Crippen molar-refractivity contribution in [2.75, 3.05) is 27.4 Å². The van der Waals surface area contributed by atoms with Crippen molar-refractivity contribution in [2.45, 2.75) is 32.9 Å². The lowest BCUT2D eigenvalue weighted by molar-refractivity contribution is -0.143. The Morgan fingerprint density at radius 1 is 1.29 bits per heavy atom. The van der Waals surface area contributed by atoms with Gasteiger partial charge in [-0.15, -0.1) is 0 Å². The zero-order valence-corrected chi connectivity index (χ0v) is 9.74. The van der Waals surface area contributed by atoms with Gasteiger partial charge in [0.15, 0.2) is 0 Å². The summed E-state index contributed by atoms with van der Waals surface area (Å²) in [5.74, 6) is -0.207. The van der Waals surface area contributed by atoms with Gasteiger partial charge >= 0.3 is 5.97 Å². The first kappa shape index (κ1) is 13.4. The van der Waals surface area contributed by atoms with Crippen LogP contribution in [0.5, 0.6) is 0 Å². The first-order valence-corrected chi connectivity index (χ1v) is 4.84. The largest absolute Gasteiger partial charge is 0.468 e. The number of nitrogens with zero attached hydrogens (tertiary/aromatic N) is 1. The van der Waals surface area contributed by atoms with Crippen molar-refractivity contribution in [1.29, 1.82) is 0 Å². The van der Waals surface area contributed by atoms with Crippen LogP contribution in [0.15, 0.2) is 0 Å². The summed E-state index contributed by atoms with van der Waals surface area (Å²) in [4.78, 5) is 13.2. The standard InChI is InChI=1S/C10H21NO3/c1-8(2)11(6-10(12)14-5)9(3)7-13-4/h8-9H,6-7H2,1-5H3. The molecule has 0 aromatic rings. The summed E-state index contributed by atoms with van der Waals surface area (Å²) >= 11 is 0. The first-order chi connectivity index (χ1) is 6.52. The van der Waals surface area contributed by atoms with Crippen LogP contribution in [-0.2, 0) is 14.3 Å². The second-order valence-electron chi connectivity index (χ2n) is 3.65. The molecule has 0 fully saturated rings. The number of carbonyl (C=O) groups is 1. The average molecular weight is 203 g/mol. The van der Waals surface area contributed by atoms with Crippen molar-refractivity contribution < 1.29 is 14.3 Å². The minimum Gasteiger partial charge on any atom is -0.468 e. The van der Waals surface area contributed by atoms with E-state index in [2.05, 4.69) is 23.5 Å². The fourth-order valence-electron chi connectivity index (χ4n) is 1.40. The maximum absolute atomic E-state index is 11.1. The van der Waals surface area contributed by atoms with Gasteiger partial charge in [-0.05, 0) is 20.8 Å². The average Bonchev–Trinajstić information content (AvgIpc) is 2.13. The maximum atomic E-state index is 11.1. The summed E-state index contributed by atoms with van der Waals surface area (Å²) < 4.78 is 9.69. The number of hydrogen-bond donors (Lipinski definition) is 0. The molecule has 0 aromatic heterocycles. The van der Waals surface area contributed by atoms with Gasteiger partial charge in [0, 0.05) is 19.2 Å². The Balaban J connectivity index is 4.21. The molecule has 0 saturated heterocycles. The number of ether oxygens (including phenoxy) is 2. The third kappa shape index (κ3) is 4.58. The third-order valence-corrected chi connectivity index (χ3v) is 2.18. The van der Waals surface area contributed by atoms with Crippen LogP contribution >= 0.6 is 0 Å². The molecule has 1 unspecified atom stereocenters. The van der Waals surface area contributed by atoms with E-state index in [1.165, 1.54) is 7.11 Å². The van der Waals surface area contributed by atoms with Gasteiger partial charge in [0.05, 0.1) is 20.3 Å². The lowest BCUT2D eigenvalue weighted by Crippen LogP contribution is -2.44. The normalized spacial score (nSPS) is 13.4. The van der Waals surface area contributed by atoms with E-state index in [0.29, 0.717) is 19.2 Å². The Labute approximate surface area is 86.2 Å². The zero-order chi connectivity index (χ0) is 11.1. The maximum Gasteiger partial charge on any atom is 0.319 e. The lowest BCUT2D eigenvalue weighted by atomic mass is 10.2. The van der Waals surface area contributed by atoms with E-state index < -0.39 is 0 Å². The molecule has 4 heteroatoms. The molecule has 0 amide bonds. The zero-order valence-electron chi connectivity index (χ0n) is 9.74. The monoisotopic (exact) mass is 203 g/mol. The summed E-state index contributed by atoms with van der Waals surface area (Å²) in [5.41, 5.74) is 0. The number of carbonyl (C=O) groups excluding carboxylic acids is 1. The molecule has 84 valence electrons. The van der Waals surface area contributed by atoms with Crippen LogP contribution in [0.25, 0.3) is 0 Å². The minimum absolute atomic E-state index is 0.207. The van der Waals surface area contributed by atoms with Crippen molar-refractivity contribution in [3.05, 3.63) is 0 Å². The lowest BCUT2D eigenvalue weighted by Gasteiger charge is -2.30. The fraction of sp³-hybridized carbons (Fsp3) is 0.900. The summed E-state index contributed by atoms with van der Waals surface area (Å²) in [5, 5.41) is 0. The molecule has 0 N–H and O–H groups in total. The molecule has 0 saturated carbocycles. The molecular weight excluding hydrogens is 182 g/mol. The fourth-order valence-corrected chi connectivity index (χ4v) is 1.40. The molecule has 0 rings (SSSR count). The van der Waals surface area contributed by atoms with Crippen molar-refractivity contribution >= 4 is 5.97 Å². The Morgan fingerprint density at radius 2 is 1.86 bits per heavy atom. The molecule has 0 bridgehead atoms. The SMILES string of the molecule is COCC(C)N(CC(=O)OC)C(C)C. The van der Waals surface area contributed by atoms with Crippen LogP contribution in [0, 0.1) is 0 Å². The van der Waals surface area contributed by atoms with Crippen molar-refractivity contribution in [1.82, 2.24) is 4.90 Å². The first-order valence-electron chi connectivity index (χ1n) is 4.84. The topological polar surface area (TPSA) is 38.8 Å². The van der Waals surface area contributed by atoms with Gasteiger partial charge in [0.2, 0.25) is 0 Å². The third-order valence-electron chi connectivity index (χ3n) is 2.18. The molecule has 0 heterocycles. The minimum atomic E-state index is -0.207. The molecule has 0 aromatic carbocycles. The quantitative estimate of drug-likeness (QED) is 0.601. The van der Waals surface area contributed by atoms with Crippen molar-refractivity contribution in [2.24, 2.45) is 0 Å². The molecule has 1 atom stereocenters.